The summed E-state index contributed by atoms with van der Waals surface area (Å²) in [5, 5.41) is 5.57. The van der Waals surface area contributed by atoms with Crippen molar-refractivity contribution < 1.29 is 14.0 Å². The number of halogens is 1. The van der Waals surface area contributed by atoms with Crippen molar-refractivity contribution in [3.8, 4) is 0 Å². The fourth-order valence-corrected chi connectivity index (χ4v) is 2.22. The van der Waals surface area contributed by atoms with Gasteiger partial charge in [0.05, 0.1) is 0 Å². The minimum absolute atomic E-state index is 0.0541. The molecule has 1 aliphatic heterocycles. The van der Waals surface area contributed by atoms with Gasteiger partial charge >= 0.3 is 0 Å². The third kappa shape index (κ3) is 3.53. The van der Waals surface area contributed by atoms with Crippen LogP contribution < -0.4 is 10.6 Å². The van der Waals surface area contributed by atoms with Gasteiger partial charge in [0.2, 0.25) is 5.91 Å². The molecule has 0 aromatic heterocycles. The van der Waals surface area contributed by atoms with Crippen LogP contribution in [0.5, 0.6) is 0 Å². The van der Waals surface area contributed by atoms with Gasteiger partial charge in [0.15, 0.2) is 0 Å². The predicted octanol–water partition coefficient (Wildman–Crippen LogP) is 1.55. The summed E-state index contributed by atoms with van der Waals surface area (Å²) >= 11 is 0. The van der Waals surface area contributed by atoms with Gasteiger partial charge in [-0.05, 0) is 24.5 Å². The van der Waals surface area contributed by atoms with Gasteiger partial charge in [-0.3, -0.25) is 9.59 Å². The largest absolute Gasteiger partial charge is 0.356 e. The van der Waals surface area contributed by atoms with E-state index in [4.69, 9.17) is 0 Å². The molecule has 1 heterocycles. The maximum Gasteiger partial charge on any atom is 0.251 e. The van der Waals surface area contributed by atoms with Gasteiger partial charge < -0.3 is 10.6 Å². The van der Waals surface area contributed by atoms with Crippen LogP contribution in [0, 0.1) is 0 Å². The van der Waals surface area contributed by atoms with Gasteiger partial charge in [-0.2, -0.15) is 0 Å². The van der Waals surface area contributed by atoms with Gasteiger partial charge in [-0.1, -0.05) is 18.2 Å². The number of benzene rings is 1. The minimum Gasteiger partial charge on any atom is -0.356 e. The lowest BCUT2D eigenvalue weighted by molar-refractivity contribution is -0.121. The van der Waals surface area contributed by atoms with Crippen LogP contribution in [0.25, 0.3) is 0 Å². The lowest BCUT2D eigenvalue weighted by Crippen LogP contribution is -2.37. The van der Waals surface area contributed by atoms with Crippen molar-refractivity contribution in [1.82, 2.24) is 10.6 Å². The molecule has 1 aliphatic rings. The van der Waals surface area contributed by atoms with Crippen LogP contribution in [0.1, 0.15) is 35.2 Å². The van der Waals surface area contributed by atoms with Crippen molar-refractivity contribution in [3.63, 3.8) is 0 Å². The fourth-order valence-electron chi connectivity index (χ4n) is 2.22. The predicted molar refractivity (Wildman–Crippen MR) is 69.4 cm³/mol. The standard InChI is InChI=1S/C14H17FN2O2/c15-9-10-4-1-2-6-12(10)14(19)17-11-5-3-7-16-13(18)8-11/h1-2,4,6,11H,3,5,7-9H2,(H,16,18)(H,17,19). The summed E-state index contributed by atoms with van der Waals surface area (Å²) in [6.45, 7) is -0.0268. The van der Waals surface area contributed by atoms with Crippen LogP contribution in [0.15, 0.2) is 24.3 Å². The van der Waals surface area contributed by atoms with Crippen LogP contribution in [-0.4, -0.2) is 24.4 Å². The molecule has 0 aliphatic carbocycles. The van der Waals surface area contributed by atoms with Crippen LogP contribution in [0.3, 0.4) is 0 Å². The van der Waals surface area contributed by atoms with E-state index in [1.807, 2.05) is 0 Å². The molecule has 0 saturated carbocycles. The summed E-state index contributed by atoms with van der Waals surface area (Å²) in [5.74, 6) is -0.366. The summed E-state index contributed by atoms with van der Waals surface area (Å²) in [6, 6.07) is 6.41. The van der Waals surface area contributed by atoms with E-state index in [2.05, 4.69) is 10.6 Å². The number of alkyl halides is 1. The van der Waals surface area contributed by atoms with Gasteiger partial charge in [-0.15, -0.1) is 0 Å². The Morgan fingerprint density at radius 3 is 3.00 bits per heavy atom. The van der Waals surface area contributed by atoms with Crippen molar-refractivity contribution in [2.45, 2.75) is 32.0 Å². The highest BCUT2D eigenvalue weighted by Gasteiger charge is 2.20. The van der Waals surface area contributed by atoms with Gasteiger partial charge in [0, 0.05) is 24.6 Å². The molecule has 2 amide bonds. The summed E-state index contributed by atoms with van der Waals surface area (Å²) in [5.41, 5.74) is 0.715. The highest BCUT2D eigenvalue weighted by atomic mass is 19.1. The SMILES string of the molecule is O=C1CC(NC(=O)c2ccccc2CF)CCCN1. The molecule has 4 nitrogen and oxygen atoms in total. The zero-order valence-electron chi connectivity index (χ0n) is 10.6. The smallest absolute Gasteiger partial charge is 0.251 e. The number of amides is 2. The molecule has 102 valence electrons. The number of rotatable bonds is 3. The Bertz CT molecular complexity index is 476. The Hall–Kier alpha value is -1.91. The molecule has 1 atom stereocenters. The fraction of sp³-hybridized carbons (Fsp3) is 0.429. The molecule has 1 saturated heterocycles. The Morgan fingerprint density at radius 1 is 1.42 bits per heavy atom. The molecule has 0 spiro atoms. The number of hydrogen-bond donors (Lipinski definition) is 2. The van der Waals surface area contributed by atoms with Gasteiger partial charge in [0.25, 0.3) is 5.91 Å². The molecule has 1 aromatic carbocycles. The first-order valence-corrected chi connectivity index (χ1v) is 6.42. The molecule has 0 radical (unpaired) electrons. The van der Waals surface area contributed by atoms with E-state index in [9.17, 15) is 14.0 Å². The molecule has 1 aromatic rings. The van der Waals surface area contributed by atoms with E-state index in [0.29, 0.717) is 17.7 Å². The highest BCUT2D eigenvalue weighted by Crippen LogP contribution is 2.12. The van der Waals surface area contributed by atoms with Gasteiger partial charge in [-0.25, -0.2) is 4.39 Å². The van der Waals surface area contributed by atoms with E-state index in [1.54, 1.807) is 24.3 Å². The van der Waals surface area contributed by atoms with Crippen LogP contribution in [-0.2, 0) is 11.5 Å². The van der Waals surface area contributed by atoms with Crippen molar-refractivity contribution in [2.75, 3.05) is 6.54 Å². The van der Waals surface area contributed by atoms with Crippen LogP contribution in [0.4, 0.5) is 4.39 Å². The van der Waals surface area contributed by atoms with E-state index in [1.165, 1.54) is 0 Å². The summed E-state index contributed by atoms with van der Waals surface area (Å²) in [4.78, 5) is 23.5. The first-order valence-electron chi connectivity index (χ1n) is 6.42. The van der Waals surface area contributed by atoms with E-state index in [-0.39, 0.29) is 24.3 Å². The summed E-state index contributed by atoms with van der Waals surface area (Å²) in [7, 11) is 0. The Balaban J connectivity index is 2.05. The second-order valence-corrected chi connectivity index (χ2v) is 4.66. The molecule has 0 bridgehead atoms. The number of nitrogens with one attached hydrogen (secondary N) is 2. The minimum atomic E-state index is -0.672. The zero-order valence-corrected chi connectivity index (χ0v) is 10.6. The second kappa shape index (κ2) is 6.31. The average molecular weight is 264 g/mol. The topological polar surface area (TPSA) is 58.2 Å². The molecule has 2 N–H and O–H groups in total. The lowest BCUT2D eigenvalue weighted by Gasteiger charge is -2.16. The van der Waals surface area contributed by atoms with E-state index < -0.39 is 6.67 Å². The quantitative estimate of drug-likeness (QED) is 0.870. The maximum absolute atomic E-state index is 12.8. The Labute approximate surface area is 111 Å². The average Bonchev–Trinajstić information content (AvgIpc) is 2.63. The Kier molecular flexibility index (Phi) is 4.49. The molecule has 19 heavy (non-hydrogen) atoms. The first-order chi connectivity index (χ1) is 9.20. The Morgan fingerprint density at radius 2 is 2.21 bits per heavy atom. The lowest BCUT2D eigenvalue weighted by atomic mass is 10.1. The third-order valence-electron chi connectivity index (χ3n) is 3.22. The summed E-state index contributed by atoms with van der Waals surface area (Å²) < 4.78 is 12.8. The van der Waals surface area contributed by atoms with Crippen LogP contribution >= 0.6 is 0 Å². The number of hydrogen-bond acceptors (Lipinski definition) is 2. The number of carbonyl (C=O) groups excluding carboxylic acids is 2. The van der Waals surface area contributed by atoms with E-state index >= 15 is 0 Å². The van der Waals surface area contributed by atoms with E-state index in [0.717, 1.165) is 12.8 Å². The highest BCUT2D eigenvalue weighted by molar-refractivity contribution is 5.96. The molecule has 2 rings (SSSR count). The number of carbonyl (C=O) groups is 2. The third-order valence-corrected chi connectivity index (χ3v) is 3.22. The zero-order chi connectivity index (χ0) is 13.7. The monoisotopic (exact) mass is 264 g/mol. The molecular formula is C14H17FN2O2. The van der Waals surface area contributed by atoms with Crippen molar-refractivity contribution >= 4 is 11.8 Å². The molecule has 5 heteroatoms. The molecular weight excluding hydrogens is 247 g/mol. The van der Waals surface area contributed by atoms with Crippen molar-refractivity contribution in [1.29, 1.82) is 0 Å². The molecule has 1 unspecified atom stereocenters. The maximum atomic E-state index is 12.8. The van der Waals surface area contributed by atoms with Gasteiger partial charge in [0.1, 0.15) is 6.67 Å². The van der Waals surface area contributed by atoms with Crippen LogP contribution in [0.2, 0.25) is 0 Å². The van der Waals surface area contributed by atoms with Crippen molar-refractivity contribution in [2.24, 2.45) is 0 Å². The van der Waals surface area contributed by atoms with Crippen molar-refractivity contribution in [3.05, 3.63) is 35.4 Å². The molecule has 1 fully saturated rings. The summed E-state index contributed by atoms with van der Waals surface area (Å²) in [6.07, 6.45) is 1.87. The second-order valence-electron chi connectivity index (χ2n) is 4.66. The first kappa shape index (κ1) is 13.5. The normalized spacial score (nSPS) is 19.4.